The van der Waals surface area contributed by atoms with Crippen LogP contribution < -0.4 is 10.5 Å². The third-order valence-electron chi connectivity index (χ3n) is 3.03. The van der Waals surface area contributed by atoms with Crippen LogP contribution in [0.5, 0.6) is 5.88 Å². The highest BCUT2D eigenvalue weighted by Gasteiger charge is 2.17. The summed E-state index contributed by atoms with van der Waals surface area (Å²) in [5, 5.41) is 7.81. The van der Waals surface area contributed by atoms with E-state index < -0.39 is 0 Å². The Labute approximate surface area is 107 Å². The summed E-state index contributed by atoms with van der Waals surface area (Å²) in [5.74, 6) is 0.479. The average molecular weight is 251 g/mol. The van der Waals surface area contributed by atoms with Crippen molar-refractivity contribution < 1.29 is 4.74 Å². The molecule has 1 saturated carbocycles. The number of aromatic nitrogens is 2. The first kappa shape index (κ1) is 12.2. The Morgan fingerprint density at radius 3 is 2.65 bits per heavy atom. The lowest BCUT2D eigenvalue weighted by Gasteiger charge is -2.17. The summed E-state index contributed by atoms with van der Waals surface area (Å²) >= 11 is 4.97. The van der Waals surface area contributed by atoms with Gasteiger partial charge >= 0.3 is 0 Å². The zero-order valence-corrected chi connectivity index (χ0v) is 10.6. The molecular weight excluding hydrogens is 234 g/mol. The van der Waals surface area contributed by atoms with E-state index in [0.29, 0.717) is 16.4 Å². The van der Waals surface area contributed by atoms with Gasteiger partial charge < -0.3 is 10.5 Å². The molecule has 1 heterocycles. The maximum atomic E-state index is 5.89. The van der Waals surface area contributed by atoms with Gasteiger partial charge in [0.15, 0.2) is 0 Å². The van der Waals surface area contributed by atoms with Crippen LogP contribution in [-0.2, 0) is 0 Å². The zero-order valence-electron chi connectivity index (χ0n) is 9.76. The molecule has 0 unspecified atom stereocenters. The van der Waals surface area contributed by atoms with Gasteiger partial charge in [-0.1, -0.05) is 25.1 Å². The number of nitrogens with zero attached hydrogens (tertiary/aromatic N) is 2. The van der Waals surface area contributed by atoms with Gasteiger partial charge in [0.1, 0.15) is 11.1 Å². The summed E-state index contributed by atoms with van der Waals surface area (Å²) < 4.78 is 5.89. The molecule has 0 radical (unpaired) electrons. The van der Waals surface area contributed by atoms with E-state index in [1.54, 1.807) is 12.3 Å². The number of ether oxygens (including phenoxy) is 1. The van der Waals surface area contributed by atoms with Crippen LogP contribution in [-0.4, -0.2) is 21.3 Å². The SMILES string of the molecule is NC(=S)c1ccnnc1OC1CCCCCC1. The minimum Gasteiger partial charge on any atom is -0.473 e. The van der Waals surface area contributed by atoms with Crippen LogP contribution in [0.4, 0.5) is 0 Å². The van der Waals surface area contributed by atoms with Crippen molar-refractivity contribution in [3.63, 3.8) is 0 Å². The van der Waals surface area contributed by atoms with Crippen LogP contribution in [0.2, 0.25) is 0 Å². The molecule has 0 spiro atoms. The Kier molecular flexibility index (Phi) is 4.25. The molecule has 92 valence electrons. The number of thiocarbonyl (C=S) groups is 1. The topological polar surface area (TPSA) is 61.0 Å². The lowest BCUT2D eigenvalue weighted by atomic mass is 10.1. The van der Waals surface area contributed by atoms with E-state index in [4.69, 9.17) is 22.7 Å². The molecule has 1 aliphatic carbocycles. The number of hydrogen-bond acceptors (Lipinski definition) is 4. The van der Waals surface area contributed by atoms with Gasteiger partial charge in [-0.2, -0.15) is 5.10 Å². The second-order valence-corrected chi connectivity index (χ2v) is 4.79. The lowest BCUT2D eigenvalue weighted by molar-refractivity contribution is 0.174. The van der Waals surface area contributed by atoms with Crippen LogP contribution >= 0.6 is 12.2 Å². The molecule has 0 atom stereocenters. The number of nitrogens with two attached hydrogens (primary N) is 1. The van der Waals surface area contributed by atoms with E-state index in [2.05, 4.69) is 10.2 Å². The lowest BCUT2D eigenvalue weighted by Crippen LogP contribution is -2.20. The fourth-order valence-electron chi connectivity index (χ4n) is 2.11. The van der Waals surface area contributed by atoms with Crippen LogP contribution in [0.15, 0.2) is 12.3 Å². The Balaban J connectivity index is 2.09. The van der Waals surface area contributed by atoms with Crippen molar-refractivity contribution in [1.29, 1.82) is 0 Å². The van der Waals surface area contributed by atoms with Crippen molar-refractivity contribution >= 4 is 17.2 Å². The molecule has 1 aromatic rings. The first-order valence-electron chi connectivity index (χ1n) is 6.05. The summed E-state index contributed by atoms with van der Waals surface area (Å²) in [4.78, 5) is 0.309. The highest BCUT2D eigenvalue weighted by Crippen LogP contribution is 2.23. The zero-order chi connectivity index (χ0) is 12.1. The molecule has 0 bridgehead atoms. The molecule has 0 saturated heterocycles. The van der Waals surface area contributed by atoms with Gasteiger partial charge in [0.05, 0.1) is 11.8 Å². The van der Waals surface area contributed by atoms with Gasteiger partial charge in [0.25, 0.3) is 0 Å². The van der Waals surface area contributed by atoms with Crippen molar-refractivity contribution in [2.24, 2.45) is 5.73 Å². The standard InChI is InChI=1S/C12H17N3OS/c13-11(17)10-7-8-14-15-12(10)16-9-5-3-1-2-4-6-9/h7-9H,1-6H2,(H2,13,17). The summed E-state index contributed by atoms with van der Waals surface area (Å²) in [6.45, 7) is 0. The van der Waals surface area contributed by atoms with Gasteiger partial charge in [0, 0.05) is 0 Å². The first-order chi connectivity index (χ1) is 8.27. The molecule has 0 aliphatic heterocycles. The van der Waals surface area contributed by atoms with Crippen molar-refractivity contribution in [1.82, 2.24) is 10.2 Å². The van der Waals surface area contributed by atoms with Crippen molar-refractivity contribution in [2.45, 2.75) is 44.6 Å². The van der Waals surface area contributed by atoms with Crippen molar-refractivity contribution in [2.75, 3.05) is 0 Å². The van der Waals surface area contributed by atoms with Gasteiger partial charge in [-0.25, -0.2) is 0 Å². The summed E-state index contributed by atoms with van der Waals surface area (Å²) in [6.07, 6.45) is 8.98. The third kappa shape index (κ3) is 3.36. The van der Waals surface area contributed by atoms with E-state index in [0.717, 1.165) is 12.8 Å². The monoisotopic (exact) mass is 251 g/mol. The minimum atomic E-state index is 0.224. The largest absolute Gasteiger partial charge is 0.473 e. The fraction of sp³-hybridized carbons (Fsp3) is 0.583. The molecule has 4 nitrogen and oxygen atoms in total. The Morgan fingerprint density at radius 2 is 2.00 bits per heavy atom. The van der Waals surface area contributed by atoms with Gasteiger partial charge in [0.2, 0.25) is 5.88 Å². The predicted molar refractivity (Wildman–Crippen MR) is 70.0 cm³/mol. The second-order valence-electron chi connectivity index (χ2n) is 4.35. The minimum absolute atomic E-state index is 0.224. The summed E-state index contributed by atoms with van der Waals surface area (Å²) in [7, 11) is 0. The normalized spacial score (nSPS) is 17.4. The summed E-state index contributed by atoms with van der Waals surface area (Å²) in [5.41, 5.74) is 6.31. The highest BCUT2D eigenvalue weighted by molar-refractivity contribution is 7.80. The van der Waals surface area contributed by atoms with E-state index in [1.807, 2.05) is 0 Å². The average Bonchev–Trinajstić information content (AvgIpc) is 2.58. The molecule has 17 heavy (non-hydrogen) atoms. The van der Waals surface area contributed by atoms with E-state index in [9.17, 15) is 0 Å². The van der Waals surface area contributed by atoms with Crippen LogP contribution in [0.25, 0.3) is 0 Å². The molecule has 1 aromatic heterocycles. The van der Waals surface area contributed by atoms with Crippen LogP contribution in [0.1, 0.15) is 44.1 Å². The van der Waals surface area contributed by atoms with E-state index >= 15 is 0 Å². The van der Waals surface area contributed by atoms with Crippen molar-refractivity contribution in [3.8, 4) is 5.88 Å². The number of hydrogen-bond donors (Lipinski definition) is 1. The van der Waals surface area contributed by atoms with Crippen LogP contribution in [0.3, 0.4) is 0 Å². The van der Waals surface area contributed by atoms with E-state index in [-0.39, 0.29) is 6.10 Å². The quantitative estimate of drug-likeness (QED) is 0.659. The highest BCUT2D eigenvalue weighted by atomic mass is 32.1. The van der Waals surface area contributed by atoms with Crippen molar-refractivity contribution in [3.05, 3.63) is 17.8 Å². The molecule has 1 aliphatic rings. The molecule has 1 fully saturated rings. The maximum Gasteiger partial charge on any atom is 0.244 e. The first-order valence-corrected chi connectivity index (χ1v) is 6.46. The Hall–Kier alpha value is -1.23. The smallest absolute Gasteiger partial charge is 0.244 e. The van der Waals surface area contributed by atoms with Gasteiger partial charge in [-0.15, -0.1) is 5.10 Å². The molecule has 0 amide bonds. The predicted octanol–water partition coefficient (Wildman–Crippen LogP) is 2.21. The van der Waals surface area contributed by atoms with Gasteiger partial charge in [-0.05, 0) is 31.7 Å². The summed E-state index contributed by atoms with van der Waals surface area (Å²) in [6, 6.07) is 1.75. The maximum absolute atomic E-state index is 5.89. The second kappa shape index (κ2) is 5.91. The van der Waals surface area contributed by atoms with Crippen LogP contribution in [0, 0.1) is 0 Å². The molecular formula is C12H17N3OS. The third-order valence-corrected chi connectivity index (χ3v) is 3.25. The molecule has 2 N–H and O–H groups in total. The number of rotatable bonds is 3. The van der Waals surface area contributed by atoms with E-state index in [1.165, 1.54) is 25.7 Å². The molecule has 5 heteroatoms. The van der Waals surface area contributed by atoms with Gasteiger partial charge in [-0.3, -0.25) is 0 Å². The Bertz CT molecular complexity index is 389. The molecule has 0 aromatic carbocycles. The Morgan fingerprint density at radius 1 is 1.29 bits per heavy atom. The fourth-order valence-corrected chi connectivity index (χ4v) is 2.27. The molecule has 2 rings (SSSR count).